The number of furan rings is 1. The van der Waals surface area contributed by atoms with Gasteiger partial charge in [0.25, 0.3) is 0 Å². The lowest BCUT2D eigenvalue weighted by molar-refractivity contribution is -0.121. The third kappa shape index (κ3) is 3.68. The van der Waals surface area contributed by atoms with Gasteiger partial charge in [-0.1, -0.05) is 25.1 Å². The molecule has 1 amide bonds. The molecule has 0 saturated carbocycles. The van der Waals surface area contributed by atoms with E-state index in [2.05, 4.69) is 18.3 Å². The number of para-hydroxylation sites is 1. The van der Waals surface area contributed by atoms with Crippen LogP contribution in [0.5, 0.6) is 0 Å². The van der Waals surface area contributed by atoms with Crippen LogP contribution in [0.2, 0.25) is 0 Å². The summed E-state index contributed by atoms with van der Waals surface area (Å²) in [6.07, 6.45) is 5.40. The summed E-state index contributed by atoms with van der Waals surface area (Å²) < 4.78 is 7.22. The van der Waals surface area contributed by atoms with Crippen LogP contribution < -0.4 is 11.1 Å². The minimum atomic E-state index is -0.0431. The molecule has 0 fully saturated rings. The van der Waals surface area contributed by atoms with Crippen molar-refractivity contribution in [2.24, 2.45) is 5.73 Å². The number of carbonyl (C=O) groups is 1. The number of aromatic nitrogens is 1. The highest BCUT2D eigenvalue weighted by Gasteiger charge is 2.13. The number of carbonyl (C=O) groups excluding carboxylic acids is 1. The first-order chi connectivity index (χ1) is 11.7. The van der Waals surface area contributed by atoms with Crippen LogP contribution in [0.15, 0.2) is 53.3 Å². The molecule has 0 aliphatic rings. The molecule has 5 heteroatoms. The lowest BCUT2D eigenvalue weighted by atomic mass is 10.0. The third-order valence-electron chi connectivity index (χ3n) is 4.23. The van der Waals surface area contributed by atoms with Crippen LogP contribution in [0.4, 0.5) is 0 Å². The zero-order chi connectivity index (χ0) is 16.9. The van der Waals surface area contributed by atoms with Gasteiger partial charge in [0.05, 0.1) is 12.8 Å². The number of hydrogen-bond donors (Lipinski definition) is 2. The monoisotopic (exact) mass is 325 g/mol. The van der Waals surface area contributed by atoms with Gasteiger partial charge in [-0.25, -0.2) is 0 Å². The molecule has 1 atom stereocenters. The molecule has 0 saturated heterocycles. The average Bonchev–Trinajstić information content (AvgIpc) is 3.22. The van der Waals surface area contributed by atoms with Crippen LogP contribution in [0.1, 0.15) is 24.7 Å². The Morgan fingerprint density at radius 3 is 2.88 bits per heavy atom. The first-order valence-corrected chi connectivity index (χ1v) is 8.28. The largest absolute Gasteiger partial charge is 0.467 e. The number of nitrogens with one attached hydrogen (secondary N) is 1. The van der Waals surface area contributed by atoms with Gasteiger partial charge in [0.2, 0.25) is 5.91 Å². The van der Waals surface area contributed by atoms with Gasteiger partial charge >= 0.3 is 0 Å². The third-order valence-corrected chi connectivity index (χ3v) is 4.23. The second kappa shape index (κ2) is 7.36. The fourth-order valence-electron chi connectivity index (χ4n) is 2.85. The highest BCUT2D eigenvalue weighted by atomic mass is 16.3. The Hall–Kier alpha value is -2.53. The molecule has 2 aromatic heterocycles. The second-order valence-corrected chi connectivity index (χ2v) is 6.03. The topological polar surface area (TPSA) is 73.2 Å². The van der Waals surface area contributed by atoms with Gasteiger partial charge in [-0.05, 0) is 36.6 Å². The molecule has 0 radical (unpaired) electrons. The molecule has 3 rings (SSSR count). The highest BCUT2D eigenvalue weighted by molar-refractivity contribution is 5.86. The maximum absolute atomic E-state index is 12.2. The van der Waals surface area contributed by atoms with Crippen molar-refractivity contribution in [2.75, 3.05) is 0 Å². The number of hydrogen-bond acceptors (Lipinski definition) is 3. The Morgan fingerprint density at radius 2 is 2.12 bits per heavy atom. The van der Waals surface area contributed by atoms with Crippen LogP contribution in [0.3, 0.4) is 0 Å². The average molecular weight is 325 g/mol. The van der Waals surface area contributed by atoms with Crippen LogP contribution in [0.25, 0.3) is 10.9 Å². The van der Waals surface area contributed by atoms with Crippen molar-refractivity contribution >= 4 is 16.8 Å². The molecule has 3 N–H and O–H groups in total. The molecule has 3 aromatic rings. The summed E-state index contributed by atoms with van der Waals surface area (Å²) in [4.78, 5) is 12.2. The van der Waals surface area contributed by atoms with Gasteiger partial charge in [0.1, 0.15) is 12.3 Å². The van der Waals surface area contributed by atoms with Gasteiger partial charge in [-0.3, -0.25) is 4.79 Å². The maximum Gasteiger partial charge on any atom is 0.240 e. The summed E-state index contributed by atoms with van der Waals surface area (Å²) in [6.45, 7) is 2.77. The van der Waals surface area contributed by atoms with E-state index >= 15 is 0 Å². The Morgan fingerprint density at radius 1 is 1.29 bits per heavy atom. The molecule has 0 aliphatic carbocycles. The van der Waals surface area contributed by atoms with Gasteiger partial charge in [-0.15, -0.1) is 0 Å². The van der Waals surface area contributed by atoms with E-state index in [9.17, 15) is 4.79 Å². The normalized spacial score (nSPS) is 12.4. The maximum atomic E-state index is 12.2. The zero-order valence-electron chi connectivity index (χ0n) is 13.9. The number of fused-ring (bicyclic) bond motifs is 1. The van der Waals surface area contributed by atoms with E-state index in [1.165, 1.54) is 10.9 Å². The van der Waals surface area contributed by atoms with Crippen molar-refractivity contribution < 1.29 is 9.21 Å². The van der Waals surface area contributed by atoms with E-state index in [-0.39, 0.29) is 18.5 Å². The van der Waals surface area contributed by atoms with E-state index in [4.69, 9.17) is 10.2 Å². The lowest BCUT2D eigenvalue weighted by Gasteiger charge is -2.07. The summed E-state index contributed by atoms with van der Waals surface area (Å²) >= 11 is 0. The van der Waals surface area contributed by atoms with E-state index < -0.39 is 0 Å². The predicted octanol–water partition coefficient (Wildman–Crippen LogP) is 2.83. The van der Waals surface area contributed by atoms with E-state index in [1.54, 1.807) is 6.26 Å². The fraction of sp³-hybridized carbons (Fsp3) is 0.316. The number of amides is 1. The number of nitrogens with zero attached hydrogens (tertiary/aromatic N) is 1. The number of nitrogens with two attached hydrogens (primary N) is 1. The first-order valence-electron chi connectivity index (χ1n) is 8.28. The van der Waals surface area contributed by atoms with E-state index in [0.29, 0.717) is 6.54 Å². The summed E-state index contributed by atoms with van der Waals surface area (Å²) in [5.74, 6) is 0.703. The van der Waals surface area contributed by atoms with Gasteiger partial charge < -0.3 is 20.0 Å². The molecule has 24 heavy (non-hydrogen) atoms. The quantitative estimate of drug-likeness (QED) is 0.701. The van der Waals surface area contributed by atoms with Crippen molar-refractivity contribution in [3.05, 3.63) is 60.2 Å². The van der Waals surface area contributed by atoms with E-state index in [1.807, 2.05) is 41.1 Å². The number of rotatable bonds is 7. The summed E-state index contributed by atoms with van der Waals surface area (Å²) in [5, 5.41) is 4.05. The molecule has 1 aromatic carbocycles. The Kier molecular flexibility index (Phi) is 5.01. The number of benzene rings is 1. The molecular weight excluding hydrogens is 302 g/mol. The molecule has 1 unspecified atom stereocenters. The summed E-state index contributed by atoms with van der Waals surface area (Å²) in [5.41, 5.74) is 8.36. The lowest BCUT2D eigenvalue weighted by Crippen LogP contribution is -2.26. The Bertz CT molecular complexity index is 805. The summed E-state index contributed by atoms with van der Waals surface area (Å²) in [6, 6.07) is 11.9. The fourth-order valence-corrected chi connectivity index (χ4v) is 2.85. The van der Waals surface area contributed by atoms with Crippen LogP contribution in [-0.4, -0.2) is 16.5 Å². The molecule has 0 bridgehead atoms. The van der Waals surface area contributed by atoms with Crippen LogP contribution in [0, 0.1) is 0 Å². The van der Waals surface area contributed by atoms with Crippen molar-refractivity contribution in [1.29, 1.82) is 0 Å². The second-order valence-electron chi connectivity index (χ2n) is 6.03. The Labute approximate surface area is 141 Å². The first kappa shape index (κ1) is 16.3. The summed E-state index contributed by atoms with van der Waals surface area (Å²) in [7, 11) is 0. The van der Waals surface area contributed by atoms with Crippen LogP contribution in [-0.2, 0) is 24.3 Å². The Balaban J connectivity index is 1.75. The smallest absolute Gasteiger partial charge is 0.240 e. The van der Waals surface area contributed by atoms with Gasteiger partial charge in [0, 0.05) is 23.1 Å². The van der Waals surface area contributed by atoms with E-state index in [0.717, 1.165) is 24.1 Å². The predicted molar refractivity (Wildman–Crippen MR) is 94.5 cm³/mol. The van der Waals surface area contributed by atoms with Crippen LogP contribution >= 0.6 is 0 Å². The van der Waals surface area contributed by atoms with Crippen molar-refractivity contribution in [3.63, 3.8) is 0 Å². The SMILES string of the molecule is CCC(N)Cc1cn(CC(=O)NCc2ccco2)c2ccccc12. The molecule has 0 spiro atoms. The molecular formula is C19H23N3O2. The van der Waals surface area contributed by atoms with Gasteiger partial charge in [0.15, 0.2) is 0 Å². The van der Waals surface area contributed by atoms with Crippen molar-refractivity contribution in [1.82, 2.24) is 9.88 Å². The van der Waals surface area contributed by atoms with Crippen molar-refractivity contribution in [3.8, 4) is 0 Å². The van der Waals surface area contributed by atoms with Gasteiger partial charge in [-0.2, -0.15) is 0 Å². The zero-order valence-corrected chi connectivity index (χ0v) is 13.9. The molecule has 2 heterocycles. The standard InChI is InChI=1S/C19H23N3O2/c1-2-15(20)10-14-12-22(18-8-4-3-7-17(14)18)13-19(23)21-11-16-6-5-9-24-16/h3-9,12,15H,2,10-11,13,20H2,1H3,(H,21,23). The highest BCUT2D eigenvalue weighted by Crippen LogP contribution is 2.22. The minimum Gasteiger partial charge on any atom is -0.467 e. The minimum absolute atomic E-state index is 0.0431. The molecule has 126 valence electrons. The van der Waals surface area contributed by atoms with Crippen molar-refractivity contribution in [2.45, 2.75) is 38.9 Å². The molecule has 0 aliphatic heterocycles. The molecule has 5 nitrogen and oxygen atoms in total.